The number of hydrogen-bond donors (Lipinski definition) is 2. The summed E-state index contributed by atoms with van der Waals surface area (Å²) >= 11 is 0. The maximum absolute atomic E-state index is 11.9. The molecule has 1 unspecified atom stereocenters. The molecule has 20 heavy (non-hydrogen) atoms. The summed E-state index contributed by atoms with van der Waals surface area (Å²) in [5, 5.41) is 15.1. The van der Waals surface area contributed by atoms with Gasteiger partial charge in [0.1, 0.15) is 0 Å². The number of nitrogens with zero attached hydrogens (tertiary/aromatic N) is 2. The average Bonchev–Trinajstić information content (AvgIpc) is 2.74. The predicted octanol–water partition coefficient (Wildman–Crippen LogP) is 1.11. The van der Waals surface area contributed by atoms with E-state index in [1.165, 1.54) is 0 Å². The molecule has 7 heteroatoms. The first kappa shape index (κ1) is 14.5. The SMILES string of the molecule is Cc1cc(NC(=O)CN2CCCC(CC(=O)O)C2)on1. The second-order valence-electron chi connectivity index (χ2n) is 5.22. The molecule has 2 rings (SSSR count). The number of nitrogens with one attached hydrogen (secondary N) is 1. The molecule has 1 aromatic heterocycles. The number of aryl methyl sites for hydroxylation is 1. The van der Waals surface area contributed by atoms with E-state index in [0.717, 1.165) is 19.4 Å². The number of aromatic nitrogens is 1. The van der Waals surface area contributed by atoms with Crippen LogP contribution in [0.2, 0.25) is 0 Å². The third-order valence-corrected chi connectivity index (χ3v) is 3.32. The third kappa shape index (κ3) is 4.34. The first-order valence-corrected chi connectivity index (χ1v) is 6.70. The lowest BCUT2D eigenvalue weighted by Crippen LogP contribution is -2.41. The number of carboxylic acid groups (broad SMARTS) is 1. The Hall–Kier alpha value is -1.89. The lowest BCUT2D eigenvalue weighted by atomic mass is 9.95. The van der Waals surface area contributed by atoms with Gasteiger partial charge < -0.3 is 9.63 Å². The molecule has 1 saturated heterocycles. The monoisotopic (exact) mass is 281 g/mol. The van der Waals surface area contributed by atoms with Crippen LogP contribution in [0.25, 0.3) is 0 Å². The van der Waals surface area contributed by atoms with E-state index in [1.807, 2.05) is 4.90 Å². The summed E-state index contributed by atoms with van der Waals surface area (Å²) in [7, 11) is 0. The standard InChI is InChI=1S/C13H19N3O4/c1-9-5-12(20-15-9)14-11(17)8-16-4-2-3-10(7-16)6-13(18)19/h5,10H,2-4,6-8H2,1H3,(H,14,17)(H,18,19). The van der Waals surface area contributed by atoms with Crippen LogP contribution in [0.5, 0.6) is 0 Å². The number of likely N-dealkylation sites (tertiary alicyclic amines) is 1. The van der Waals surface area contributed by atoms with Gasteiger partial charge in [0.15, 0.2) is 0 Å². The Morgan fingerprint density at radius 2 is 2.40 bits per heavy atom. The molecule has 110 valence electrons. The summed E-state index contributed by atoms with van der Waals surface area (Å²) in [6, 6.07) is 1.65. The molecule has 2 heterocycles. The van der Waals surface area contributed by atoms with Gasteiger partial charge in [-0.15, -0.1) is 0 Å². The molecule has 0 bridgehead atoms. The first-order chi connectivity index (χ1) is 9.52. The molecular weight excluding hydrogens is 262 g/mol. The summed E-state index contributed by atoms with van der Waals surface area (Å²) in [6.45, 7) is 3.49. The Balaban J connectivity index is 1.80. The van der Waals surface area contributed by atoms with E-state index in [9.17, 15) is 9.59 Å². The fourth-order valence-corrected chi connectivity index (χ4v) is 2.51. The number of carboxylic acids is 1. The van der Waals surface area contributed by atoms with Gasteiger partial charge >= 0.3 is 5.97 Å². The van der Waals surface area contributed by atoms with E-state index in [4.69, 9.17) is 9.63 Å². The summed E-state index contributed by atoms with van der Waals surface area (Å²) in [5.74, 6) is -0.483. The van der Waals surface area contributed by atoms with Crippen molar-refractivity contribution in [3.8, 4) is 0 Å². The van der Waals surface area contributed by atoms with Crippen molar-refractivity contribution in [2.45, 2.75) is 26.2 Å². The number of piperidine rings is 1. The average molecular weight is 281 g/mol. The molecule has 1 amide bonds. The summed E-state index contributed by atoms with van der Waals surface area (Å²) in [5.41, 5.74) is 0.708. The van der Waals surface area contributed by atoms with Crippen LogP contribution in [-0.2, 0) is 9.59 Å². The molecule has 7 nitrogen and oxygen atoms in total. The minimum absolute atomic E-state index is 0.126. The zero-order valence-corrected chi connectivity index (χ0v) is 11.5. The second-order valence-corrected chi connectivity index (χ2v) is 5.22. The molecule has 0 radical (unpaired) electrons. The molecule has 0 aromatic carbocycles. The topological polar surface area (TPSA) is 95.7 Å². The lowest BCUT2D eigenvalue weighted by Gasteiger charge is -2.31. The molecule has 0 spiro atoms. The highest BCUT2D eigenvalue weighted by Crippen LogP contribution is 2.19. The normalized spacial score (nSPS) is 19.8. The van der Waals surface area contributed by atoms with Gasteiger partial charge in [-0.05, 0) is 32.2 Å². The van der Waals surface area contributed by atoms with Gasteiger partial charge in [-0.3, -0.25) is 19.8 Å². The van der Waals surface area contributed by atoms with Crippen LogP contribution in [0.3, 0.4) is 0 Å². The number of hydrogen-bond acceptors (Lipinski definition) is 5. The molecule has 0 saturated carbocycles. The molecule has 1 aromatic rings. The van der Waals surface area contributed by atoms with E-state index >= 15 is 0 Å². The fourth-order valence-electron chi connectivity index (χ4n) is 2.51. The Morgan fingerprint density at radius 1 is 1.60 bits per heavy atom. The van der Waals surface area contributed by atoms with Gasteiger partial charge in [0, 0.05) is 19.0 Å². The number of anilines is 1. The van der Waals surface area contributed by atoms with Gasteiger partial charge in [-0.25, -0.2) is 0 Å². The Morgan fingerprint density at radius 3 is 3.05 bits per heavy atom. The largest absolute Gasteiger partial charge is 0.481 e. The van der Waals surface area contributed by atoms with E-state index in [-0.39, 0.29) is 24.8 Å². The first-order valence-electron chi connectivity index (χ1n) is 6.70. The maximum atomic E-state index is 11.9. The van der Waals surface area contributed by atoms with Crippen LogP contribution in [0, 0.1) is 12.8 Å². The molecule has 1 aliphatic heterocycles. The Labute approximate surface area is 116 Å². The van der Waals surface area contributed by atoms with Crippen molar-refractivity contribution in [1.29, 1.82) is 0 Å². The van der Waals surface area contributed by atoms with Gasteiger partial charge in [-0.2, -0.15) is 0 Å². The number of amides is 1. The number of aliphatic carboxylic acids is 1. The predicted molar refractivity (Wildman–Crippen MR) is 71.3 cm³/mol. The van der Waals surface area contributed by atoms with Crippen molar-refractivity contribution < 1.29 is 19.2 Å². The van der Waals surface area contributed by atoms with Gasteiger partial charge in [0.05, 0.1) is 12.2 Å². The summed E-state index contributed by atoms with van der Waals surface area (Å²) in [6.07, 6.45) is 2.00. The highest BCUT2D eigenvalue weighted by molar-refractivity contribution is 5.90. The number of carbonyl (C=O) groups is 2. The quantitative estimate of drug-likeness (QED) is 0.839. The van der Waals surface area contributed by atoms with Crippen LogP contribution in [0.15, 0.2) is 10.6 Å². The number of carbonyl (C=O) groups excluding carboxylic acids is 1. The van der Waals surface area contributed by atoms with Crippen LogP contribution in [0.4, 0.5) is 5.88 Å². The van der Waals surface area contributed by atoms with Crippen molar-refractivity contribution >= 4 is 17.8 Å². The van der Waals surface area contributed by atoms with Gasteiger partial charge in [0.25, 0.3) is 0 Å². The zero-order valence-electron chi connectivity index (χ0n) is 11.5. The van der Waals surface area contributed by atoms with Crippen molar-refractivity contribution in [1.82, 2.24) is 10.1 Å². The van der Waals surface area contributed by atoms with Crippen LogP contribution in [-0.4, -0.2) is 46.7 Å². The van der Waals surface area contributed by atoms with Crippen LogP contribution < -0.4 is 5.32 Å². The van der Waals surface area contributed by atoms with E-state index in [2.05, 4.69) is 10.5 Å². The van der Waals surface area contributed by atoms with E-state index in [1.54, 1.807) is 13.0 Å². The highest BCUT2D eigenvalue weighted by Gasteiger charge is 2.23. The van der Waals surface area contributed by atoms with Crippen LogP contribution in [0.1, 0.15) is 25.0 Å². The van der Waals surface area contributed by atoms with Gasteiger partial charge in [-0.1, -0.05) is 5.16 Å². The second kappa shape index (κ2) is 6.51. The Kier molecular flexibility index (Phi) is 4.73. The van der Waals surface area contributed by atoms with Gasteiger partial charge in [0.2, 0.25) is 11.8 Å². The zero-order chi connectivity index (χ0) is 14.5. The minimum atomic E-state index is -0.779. The van der Waals surface area contributed by atoms with E-state index < -0.39 is 5.97 Å². The molecule has 0 aliphatic carbocycles. The molecule has 1 aliphatic rings. The fraction of sp³-hybridized carbons (Fsp3) is 0.615. The molecular formula is C13H19N3O4. The molecule has 2 N–H and O–H groups in total. The summed E-state index contributed by atoms with van der Waals surface area (Å²) < 4.78 is 4.92. The lowest BCUT2D eigenvalue weighted by molar-refractivity contribution is -0.138. The van der Waals surface area contributed by atoms with Crippen molar-refractivity contribution in [2.75, 3.05) is 25.0 Å². The third-order valence-electron chi connectivity index (χ3n) is 3.32. The summed E-state index contributed by atoms with van der Waals surface area (Å²) in [4.78, 5) is 24.6. The van der Waals surface area contributed by atoms with Crippen molar-refractivity contribution in [3.05, 3.63) is 11.8 Å². The molecule has 1 fully saturated rings. The van der Waals surface area contributed by atoms with Crippen molar-refractivity contribution in [3.63, 3.8) is 0 Å². The van der Waals surface area contributed by atoms with E-state index in [0.29, 0.717) is 18.1 Å². The minimum Gasteiger partial charge on any atom is -0.481 e. The maximum Gasteiger partial charge on any atom is 0.303 e. The number of rotatable bonds is 5. The Bertz CT molecular complexity index is 486. The van der Waals surface area contributed by atoms with Crippen molar-refractivity contribution in [2.24, 2.45) is 5.92 Å². The van der Waals surface area contributed by atoms with Crippen LogP contribution >= 0.6 is 0 Å². The smallest absolute Gasteiger partial charge is 0.303 e. The highest BCUT2D eigenvalue weighted by atomic mass is 16.5. The molecule has 1 atom stereocenters.